The van der Waals surface area contributed by atoms with Crippen molar-refractivity contribution in [3.8, 4) is 0 Å². The molecule has 0 saturated carbocycles. The van der Waals surface area contributed by atoms with E-state index in [9.17, 15) is 50.1 Å². The summed E-state index contributed by atoms with van der Waals surface area (Å²) in [4.78, 5) is 38.0. The number of allylic oxidation sites excluding steroid dienone is 2. The van der Waals surface area contributed by atoms with Crippen molar-refractivity contribution in [3.05, 3.63) is 11.6 Å². The summed E-state index contributed by atoms with van der Waals surface area (Å²) in [5, 5.41) is 72.1. The van der Waals surface area contributed by atoms with Gasteiger partial charge in [-0.15, -0.1) is 0 Å². The summed E-state index contributed by atoms with van der Waals surface area (Å²) in [5.41, 5.74) is 1.48. The van der Waals surface area contributed by atoms with Crippen LogP contribution in [0, 0.1) is 0 Å². The van der Waals surface area contributed by atoms with Crippen LogP contribution >= 0.6 is 0 Å². The number of carboxylic acids is 1. The number of rotatable bonds is 38. The molecule has 0 amide bonds. The van der Waals surface area contributed by atoms with Crippen molar-refractivity contribution in [1.29, 1.82) is 0 Å². The first-order valence-electron chi connectivity index (χ1n) is 25.2. The zero-order valence-corrected chi connectivity index (χ0v) is 39.9. The summed E-state index contributed by atoms with van der Waals surface area (Å²) >= 11 is 0. The Morgan fingerprint density at radius 1 is 0.569 bits per heavy atom. The third kappa shape index (κ3) is 24.6. The molecule has 2 saturated heterocycles. The van der Waals surface area contributed by atoms with Gasteiger partial charge in [0.25, 0.3) is 0 Å². The van der Waals surface area contributed by atoms with Crippen LogP contribution in [0.2, 0.25) is 0 Å². The molecule has 65 heavy (non-hydrogen) atoms. The second kappa shape index (κ2) is 35.8. The Morgan fingerprint density at radius 3 is 1.62 bits per heavy atom. The quantitative estimate of drug-likeness (QED) is 0.0194. The number of hydrogen-bond acceptors (Lipinski definition) is 15. The Bertz CT molecular complexity index is 1280. The van der Waals surface area contributed by atoms with E-state index in [4.69, 9.17) is 28.4 Å². The lowest BCUT2D eigenvalue weighted by Crippen LogP contribution is -2.65. The fourth-order valence-electron chi connectivity index (χ4n) is 8.17. The second-order valence-electron chi connectivity index (χ2n) is 18.2. The molecule has 16 heteroatoms. The van der Waals surface area contributed by atoms with E-state index in [-0.39, 0.29) is 19.4 Å². The van der Waals surface area contributed by atoms with Gasteiger partial charge in [0.2, 0.25) is 0 Å². The number of unbranched alkanes of at least 4 members (excludes halogenated alkanes) is 21. The summed E-state index contributed by atoms with van der Waals surface area (Å²) in [6.07, 6.45) is 11.3. The third-order valence-corrected chi connectivity index (χ3v) is 12.3. The molecule has 380 valence electrons. The van der Waals surface area contributed by atoms with Crippen molar-refractivity contribution >= 4 is 17.9 Å². The number of aliphatic carboxylic acids is 1. The van der Waals surface area contributed by atoms with Crippen molar-refractivity contribution < 1.29 is 78.6 Å². The number of carbonyl (C=O) groups excluding carboxylic acids is 2. The Hall–Kier alpha value is -2.25. The van der Waals surface area contributed by atoms with Crippen molar-refractivity contribution in [1.82, 2.24) is 0 Å². The van der Waals surface area contributed by atoms with E-state index in [1.165, 1.54) is 95.5 Å². The Kier molecular flexibility index (Phi) is 32.5. The first kappa shape index (κ1) is 58.9. The minimum Gasteiger partial charge on any atom is -0.479 e. The molecule has 0 aromatic carbocycles. The first-order chi connectivity index (χ1) is 31.3. The average Bonchev–Trinajstić information content (AvgIpc) is 3.28. The predicted octanol–water partition coefficient (Wildman–Crippen LogP) is 6.69. The van der Waals surface area contributed by atoms with E-state index < -0.39 is 98.6 Å². The van der Waals surface area contributed by atoms with Gasteiger partial charge < -0.3 is 64.2 Å². The molecule has 0 bridgehead atoms. The maximum Gasteiger partial charge on any atom is 0.335 e. The van der Waals surface area contributed by atoms with Crippen LogP contribution in [0.4, 0.5) is 0 Å². The van der Waals surface area contributed by atoms with Gasteiger partial charge in [-0.3, -0.25) is 9.59 Å². The van der Waals surface area contributed by atoms with Gasteiger partial charge in [0.05, 0.1) is 13.2 Å². The Morgan fingerprint density at radius 2 is 1.06 bits per heavy atom. The summed E-state index contributed by atoms with van der Waals surface area (Å²) < 4.78 is 33.1. The van der Waals surface area contributed by atoms with Gasteiger partial charge in [-0.1, -0.05) is 147 Å². The molecule has 0 aromatic heterocycles. The minimum atomic E-state index is -2.01. The van der Waals surface area contributed by atoms with Crippen LogP contribution in [0.1, 0.15) is 194 Å². The highest BCUT2D eigenvalue weighted by Gasteiger charge is 2.53. The molecule has 11 atom stereocenters. The monoisotopic (exact) mass is 933 g/mol. The molecule has 2 unspecified atom stereocenters. The molecule has 2 heterocycles. The molecule has 2 aliphatic rings. The van der Waals surface area contributed by atoms with Gasteiger partial charge in [0.1, 0.15) is 49.3 Å². The molecular weight excluding hydrogens is 845 g/mol. The van der Waals surface area contributed by atoms with Crippen LogP contribution in [0.15, 0.2) is 11.6 Å². The fourth-order valence-corrected chi connectivity index (χ4v) is 8.17. The van der Waals surface area contributed by atoms with E-state index in [1.807, 2.05) is 0 Å². The average molecular weight is 933 g/mol. The Balaban J connectivity index is 1.88. The van der Waals surface area contributed by atoms with Gasteiger partial charge in [0.15, 0.2) is 24.8 Å². The lowest BCUT2D eigenvalue weighted by molar-refractivity contribution is -0.355. The number of carboxylic acid groups (broad SMARTS) is 1. The zero-order chi connectivity index (χ0) is 47.8. The molecule has 16 nitrogen and oxygen atoms in total. The molecule has 7 N–H and O–H groups in total. The molecule has 0 aromatic rings. The van der Waals surface area contributed by atoms with Crippen molar-refractivity contribution in [2.24, 2.45) is 0 Å². The van der Waals surface area contributed by atoms with E-state index in [2.05, 4.69) is 26.8 Å². The second-order valence-corrected chi connectivity index (χ2v) is 18.2. The number of hydrogen-bond donors (Lipinski definition) is 7. The van der Waals surface area contributed by atoms with Gasteiger partial charge in [-0.05, 0) is 45.4 Å². The fraction of sp³-hybridized carbons (Fsp3) is 0.898. The predicted molar refractivity (Wildman–Crippen MR) is 244 cm³/mol. The van der Waals surface area contributed by atoms with Gasteiger partial charge in [-0.2, -0.15) is 0 Å². The SMILES string of the molecule is CCCCCCCCCCCCCCCC(=O)OC(COC(=O)CCCCCCCCC/C=C(\C)CCCCC)CO[C@H]1O[C@H](C(=O)O)C(O[C@H]2O[C@H](CO)[C@@H](O)[C@H](O)[C@H]2O)[C@H](O)[C@H]1O. The molecular formula is C49H88O16. The normalized spacial score (nSPS) is 26.5. The number of esters is 2. The van der Waals surface area contributed by atoms with E-state index >= 15 is 0 Å². The summed E-state index contributed by atoms with van der Waals surface area (Å²) in [6, 6.07) is 0. The lowest BCUT2D eigenvalue weighted by atomic mass is 9.97. The third-order valence-electron chi connectivity index (χ3n) is 12.3. The highest BCUT2D eigenvalue weighted by molar-refractivity contribution is 5.73. The Labute approximate surface area is 388 Å². The maximum atomic E-state index is 13.0. The van der Waals surface area contributed by atoms with E-state index in [1.54, 1.807) is 0 Å². The van der Waals surface area contributed by atoms with Crippen LogP contribution < -0.4 is 0 Å². The summed E-state index contributed by atoms with van der Waals surface area (Å²) in [5.74, 6) is -2.67. The maximum absolute atomic E-state index is 13.0. The van der Waals surface area contributed by atoms with Crippen LogP contribution in [0.5, 0.6) is 0 Å². The van der Waals surface area contributed by atoms with Crippen molar-refractivity contribution in [3.63, 3.8) is 0 Å². The lowest BCUT2D eigenvalue weighted by Gasteiger charge is -2.45. The number of aliphatic hydroxyl groups is 6. The largest absolute Gasteiger partial charge is 0.479 e. The van der Waals surface area contributed by atoms with E-state index in [0.29, 0.717) is 12.8 Å². The number of carbonyl (C=O) groups is 3. The standard InChI is InChI=1S/C49H88O16/c1-4-6-8-9-10-11-12-13-14-15-20-23-27-31-39(52)62-36(33-60-38(51)30-26-22-19-17-16-18-21-25-29-35(3)28-24-7-5-2)34-61-48-44(57)42(55)45(46(65-48)47(58)59)64-49-43(56)41(54)40(53)37(32-50)63-49/h29,36-37,40-46,48-50,53-57H,4-28,30-34H2,1-3H3,(H,58,59)/b35-29+/t36?,37-,40-,41+,42-,43-,44-,45?,46+,48+,49-/m1/s1. The molecule has 2 aliphatic heterocycles. The molecule has 0 radical (unpaired) electrons. The summed E-state index contributed by atoms with van der Waals surface area (Å²) in [6.45, 7) is 5.01. The van der Waals surface area contributed by atoms with Crippen molar-refractivity contribution in [2.45, 2.75) is 262 Å². The zero-order valence-electron chi connectivity index (χ0n) is 39.9. The summed E-state index contributed by atoms with van der Waals surface area (Å²) in [7, 11) is 0. The van der Waals surface area contributed by atoms with Crippen LogP contribution in [0.25, 0.3) is 0 Å². The van der Waals surface area contributed by atoms with E-state index in [0.717, 1.165) is 57.8 Å². The first-order valence-corrected chi connectivity index (χ1v) is 25.2. The number of ether oxygens (including phenoxy) is 6. The molecule has 2 rings (SSSR count). The smallest absolute Gasteiger partial charge is 0.335 e. The van der Waals surface area contributed by atoms with Crippen LogP contribution in [0.3, 0.4) is 0 Å². The molecule has 0 aliphatic carbocycles. The van der Waals surface area contributed by atoms with Gasteiger partial charge in [-0.25, -0.2) is 4.79 Å². The highest BCUT2D eigenvalue weighted by Crippen LogP contribution is 2.30. The highest BCUT2D eigenvalue weighted by atomic mass is 16.7. The minimum absolute atomic E-state index is 0.122. The van der Waals surface area contributed by atoms with Gasteiger partial charge >= 0.3 is 17.9 Å². The topological polar surface area (TPSA) is 248 Å². The van der Waals surface area contributed by atoms with Crippen molar-refractivity contribution in [2.75, 3.05) is 19.8 Å². The van der Waals surface area contributed by atoms with Gasteiger partial charge in [0, 0.05) is 12.8 Å². The molecule has 2 fully saturated rings. The van der Waals surface area contributed by atoms with Crippen LogP contribution in [-0.2, 0) is 42.8 Å². The van der Waals surface area contributed by atoms with Crippen LogP contribution in [-0.4, -0.2) is 141 Å². The number of aliphatic hydroxyl groups excluding tert-OH is 6. The molecule has 0 spiro atoms.